The highest BCUT2D eigenvalue weighted by atomic mass is 16.4. The van der Waals surface area contributed by atoms with Crippen molar-refractivity contribution in [2.45, 2.75) is 38.5 Å². The molecule has 2 rings (SSSR count). The monoisotopic (exact) mass is 258 g/mol. The van der Waals surface area contributed by atoms with Gasteiger partial charge in [0.25, 0.3) is 0 Å². The van der Waals surface area contributed by atoms with Crippen LogP contribution < -0.4 is 0 Å². The number of aliphatic carboxylic acids is 1. The summed E-state index contributed by atoms with van der Waals surface area (Å²) in [6, 6.07) is 7.39. The quantitative estimate of drug-likeness (QED) is 0.845. The zero-order valence-electron chi connectivity index (χ0n) is 11.1. The predicted octanol–water partition coefficient (Wildman–Crippen LogP) is 3.40. The van der Waals surface area contributed by atoms with Gasteiger partial charge in [-0.15, -0.1) is 0 Å². The molecule has 0 amide bonds. The van der Waals surface area contributed by atoms with Crippen molar-refractivity contribution in [3.8, 4) is 0 Å². The maximum atomic E-state index is 11.7. The van der Waals surface area contributed by atoms with Crippen molar-refractivity contribution < 1.29 is 14.7 Å². The van der Waals surface area contributed by atoms with E-state index >= 15 is 0 Å². The molecule has 1 aliphatic carbocycles. The van der Waals surface area contributed by atoms with Crippen molar-refractivity contribution in [2.75, 3.05) is 0 Å². The van der Waals surface area contributed by atoms with Gasteiger partial charge in [0.2, 0.25) is 0 Å². The van der Waals surface area contributed by atoms with Crippen LogP contribution in [0.3, 0.4) is 0 Å². The molecule has 0 heterocycles. The maximum absolute atomic E-state index is 11.7. The second kappa shape index (κ2) is 5.83. The number of Topliss-reactive ketones (excluding diaryl/α,β-unsaturated/α-hetero) is 1. The molecule has 1 N–H and O–H groups in total. The van der Waals surface area contributed by atoms with E-state index in [4.69, 9.17) is 5.11 Å². The summed E-state index contributed by atoms with van der Waals surface area (Å²) < 4.78 is 0. The molecule has 0 aliphatic heterocycles. The smallest absolute Gasteiger partial charge is 0.310 e. The van der Waals surface area contributed by atoms with Crippen molar-refractivity contribution >= 4 is 17.8 Å². The van der Waals surface area contributed by atoms with Crippen molar-refractivity contribution in [1.29, 1.82) is 0 Å². The molecule has 100 valence electrons. The third-order valence-corrected chi connectivity index (χ3v) is 3.61. The highest BCUT2D eigenvalue weighted by molar-refractivity contribution is 6.00. The lowest BCUT2D eigenvalue weighted by Gasteiger charge is -2.12. The second-order valence-electron chi connectivity index (χ2n) is 5.03. The lowest BCUT2D eigenvalue weighted by Crippen LogP contribution is -2.08. The molecule has 0 saturated heterocycles. The molecule has 0 radical (unpaired) electrons. The molecule has 1 aliphatic rings. The van der Waals surface area contributed by atoms with Crippen LogP contribution in [0.4, 0.5) is 0 Å². The van der Waals surface area contributed by atoms with Crippen LogP contribution in [0.5, 0.6) is 0 Å². The van der Waals surface area contributed by atoms with Crippen LogP contribution in [-0.4, -0.2) is 16.9 Å². The molecule has 0 aromatic heterocycles. The Morgan fingerprint density at radius 1 is 1.21 bits per heavy atom. The van der Waals surface area contributed by atoms with Gasteiger partial charge in [0.05, 0.1) is 5.92 Å². The number of allylic oxidation sites excluding steroid dienone is 1. The van der Waals surface area contributed by atoms with Crippen LogP contribution in [0.1, 0.15) is 49.7 Å². The average Bonchev–Trinajstić information content (AvgIpc) is 2.41. The molecule has 1 atom stereocenters. The number of hydrogen-bond donors (Lipinski definition) is 1. The van der Waals surface area contributed by atoms with Crippen molar-refractivity contribution in [3.05, 3.63) is 41.0 Å². The SMILES string of the molecule is C[C@H](C(=O)O)c1ccc(/C=C2\CCCCC2=O)cc1. The van der Waals surface area contributed by atoms with Gasteiger partial charge >= 0.3 is 5.97 Å². The lowest BCUT2D eigenvalue weighted by molar-refractivity contribution is -0.138. The third kappa shape index (κ3) is 3.31. The molecule has 1 fully saturated rings. The minimum absolute atomic E-state index is 0.245. The van der Waals surface area contributed by atoms with E-state index < -0.39 is 11.9 Å². The van der Waals surface area contributed by atoms with Gasteiger partial charge in [-0.1, -0.05) is 24.3 Å². The molecule has 19 heavy (non-hydrogen) atoms. The second-order valence-corrected chi connectivity index (χ2v) is 5.03. The zero-order chi connectivity index (χ0) is 13.8. The van der Waals surface area contributed by atoms with E-state index in [2.05, 4.69) is 0 Å². The maximum Gasteiger partial charge on any atom is 0.310 e. The minimum atomic E-state index is -0.825. The molecule has 0 unspecified atom stereocenters. The topological polar surface area (TPSA) is 54.4 Å². The number of carbonyl (C=O) groups is 2. The Morgan fingerprint density at radius 2 is 1.84 bits per heavy atom. The van der Waals surface area contributed by atoms with Crippen LogP contribution in [0.15, 0.2) is 29.8 Å². The summed E-state index contributed by atoms with van der Waals surface area (Å²) in [6.07, 6.45) is 5.50. The summed E-state index contributed by atoms with van der Waals surface area (Å²) in [5, 5.41) is 8.94. The summed E-state index contributed by atoms with van der Waals surface area (Å²) >= 11 is 0. The minimum Gasteiger partial charge on any atom is -0.481 e. The Morgan fingerprint density at radius 3 is 2.42 bits per heavy atom. The highest BCUT2D eigenvalue weighted by Crippen LogP contribution is 2.23. The Labute approximate surface area is 113 Å². The summed E-state index contributed by atoms with van der Waals surface area (Å²) in [4.78, 5) is 22.6. The van der Waals surface area contributed by atoms with Crippen LogP contribution in [-0.2, 0) is 9.59 Å². The van der Waals surface area contributed by atoms with Gasteiger partial charge in [0, 0.05) is 6.42 Å². The molecular weight excluding hydrogens is 240 g/mol. The van der Waals surface area contributed by atoms with Gasteiger partial charge in [-0.3, -0.25) is 9.59 Å². The number of rotatable bonds is 3. The van der Waals surface area contributed by atoms with Gasteiger partial charge in [-0.05, 0) is 49.0 Å². The first-order valence-corrected chi connectivity index (χ1v) is 6.64. The fourth-order valence-corrected chi connectivity index (χ4v) is 2.28. The standard InChI is InChI=1S/C16H18O3/c1-11(16(18)19)13-8-6-12(7-9-13)10-14-4-2-3-5-15(14)17/h6-11H,2-5H2,1H3,(H,18,19)/b14-10+/t11-/m0/s1. The first-order valence-electron chi connectivity index (χ1n) is 6.64. The lowest BCUT2D eigenvalue weighted by atomic mass is 9.91. The van der Waals surface area contributed by atoms with E-state index in [0.29, 0.717) is 6.42 Å². The van der Waals surface area contributed by atoms with E-state index in [9.17, 15) is 9.59 Å². The van der Waals surface area contributed by atoms with Gasteiger partial charge in [-0.25, -0.2) is 0 Å². The number of benzene rings is 1. The summed E-state index contributed by atoms with van der Waals surface area (Å²) in [5.74, 6) is -1.08. The fourth-order valence-electron chi connectivity index (χ4n) is 2.28. The zero-order valence-corrected chi connectivity index (χ0v) is 11.1. The van der Waals surface area contributed by atoms with Crippen molar-refractivity contribution in [2.24, 2.45) is 0 Å². The summed E-state index contributed by atoms with van der Waals surface area (Å²) in [7, 11) is 0. The average molecular weight is 258 g/mol. The summed E-state index contributed by atoms with van der Waals surface area (Å²) in [5.41, 5.74) is 2.64. The van der Waals surface area contributed by atoms with Gasteiger partial charge in [0.1, 0.15) is 0 Å². The predicted molar refractivity (Wildman–Crippen MR) is 73.9 cm³/mol. The van der Waals surface area contributed by atoms with E-state index in [0.717, 1.165) is 36.0 Å². The number of ketones is 1. The van der Waals surface area contributed by atoms with E-state index in [-0.39, 0.29) is 5.78 Å². The van der Waals surface area contributed by atoms with Gasteiger partial charge in [0.15, 0.2) is 5.78 Å². The Bertz CT molecular complexity index is 511. The highest BCUT2D eigenvalue weighted by Gasteiger charge is 2.15. The summed E-state index contributed by atoms with van der Waals surface area (Å²) in [6.45, 7) is 1.67. The molecule has 3 nitrogen and oxygen atoms in total. The van der Waals surface area contributed by atoms with Crippen LogP contribution in [0, 0.1) is 0 Å². The van der Waals surface area contributed by atoms with Gasteiger partial charge < -0.3 is 5.11 Å². The largest absolute Gasteiger partial charge is 0.481 e. The number of carboxylic acid groups (broad SMARTS) is 1. The molecule has 1 aromatic rings. The van der Waals surface area contributed by atoms with Crippen LogP contribution in [0.2, 0.25) is 0 Å². The molecule has 1 saturated carbocycles. The number of hydrogen-bond acceptors (Lipinski definition) is 2. The van der Waals surface area contributed by atoms with Crippen molar-refractivity contribution in [1.82, 2.24) is 0 Å². The first-order chi connectivity index (χ1) is 9.08. The molecule has 0 spiro atoms. The number of carbonyl (C=O) groups excluding carboxylic acids is 1. The van der Waals surface area contributed by atoms with Crippen LogP contribution in [0.25, 0.3) is 6.08 Å². The van der Waals surface area contributed by atoms with E-state index in [1.165, 1.54) is 0 Å². The number of carboxylic acids is 1. The Kier molecular flexibility index (Phi) is 4.15. The molecule has 1 aromatic carbocycles. The first kappa shape index (κ1) is 13.5. The molecule has 0 bridgehead atoms. The Balaban J connectivity index is 2.16. The molecular formula is C16H18O3. The van der Waals surface area contributed by atoms with Crippen LogP contribution >= 0.6 is 0 Å². The molecule has 3 heteroatoms. The normalized spacial score (nSPS) is 19.4. The van der Waals surface area contributed by atoms with Crippen molar-refractivity contribution in [3.63, 3.8) is 0 Å². The van der Waals surface area contributed by atoms with E-state index in [1.54, 1.807) is 6.92 Å². The third-order valence-electron chi connectivity index (χ3n) is 3.61. The van der Waals surface area contributed by atoms with E-state index in [1.807, 2.05) is 30.3 Å². The van der Waals surface area contributed by atoms with Gasteiger partial charge in [-0.2, -0.15) is 0 Å². The fraction of sp³-hybridized carbons (Fsp3) is 0.375. The Hall–Kier alpha value is -1.90.